The fourth-order valence-corrected chi connectivity index (χ4v) is 1.94. The molecule has 5 nitrogen and oxygen atoms in total. The van der Waals surface area contributed by atoms with Crippen LogP contribution < -0.4 is 5.32 Å². The Morgan fingerprint density at radius 3 is 2.05 bits per heavy atom. The average Bonchev–Trinajstić information content (AvgIpc) is 2.21. The van der Waals surface area contributed by atoms with E-state index in [0.717, 1.165) is 11.1 Å². The van der Waals surface area contributed by atoms with Crippen molar-refractivity contribution in [3.8, 4) is 0 Å². The van der Waals surface area contributed by atoms with E-state index in [1.54, 1.807) is 32.9 Å². The molecule has 0 bridgehead atoms. The molecule has 0 fully saturated rings. The number of carboxylic acid groups (broad SMARTS) is 1. The number of esters is 1. The van der Waals surface area contributed by atoms with Crippen LogP contribution >= 0.6 is 0 Å². The number of amides is 1. The van der Waals surface area contributed by atoms with Gasteiger partial charge in [0.15, 0.2) is 6.04 Å². The molecule has 20 heavy (non-hydrogen) atoms. The zero-order valence-corrected chi connectivity index (χ0v) is 12.5. The van der Waals surface area contributed by atoms with Crippen LogP contribution in [0.25, 0.3) is 0 Å². The highest BCUT2D eigenvalue weighted by molar-refractivity contribution is 5.82. The van der Waals surface area contributed by atoms with Crippen molar-refractivity contribution in [1.29, 1.82) is 0 Å². The first-order valence-electron chi connectivity index (χ1n) is 6.39. The van der Waals surface area contributed by atoms with Gasteiger partial charge in [-0.2, -0.15) is 0 Å². The standard InChI is InChI=1S/C15H21NO4/c1-9-6-10(2)8-11(7-9)12(16-14(18)19)13(17)20-15(3,4)5/h6-8,12,16H,1-5H3,(H,18,19). The first-order chi connectivity index (χ1) is 9.08. The third-order valence-electron chi connectivity index (χ3n) is 2.49. The highest BCUT2D eigenvalue weighted by Gasteiger charge is 2.28. The van der Waals surface area contributed by atoms with E-state index >= 15 is 0 Å². The fourth-order valence-electron chi connectivity index (χ4n) is 1.94. The number of benzene rings is 1. The maximum atomic E-state index is 12.2. The normalized spacial score (nSPS) is 12.7. The summed E-state index contributed by atoms with van der Waals surface area (Å²) in [5, 5.41) is 11.1. The van der Waals surface area contributed by atoms with Gasteiger partial charge in [-0.3, -0.25) is 0 Å². The van der Waals surface area contributed by atoms with Crippen molar-refractivity contribution in [3.63, 3.8) is 0 Å². The number of nitrogens with one attached hydrogen (secondary N) is 1. The molecule has 110 valence electrons. The Balaban J connectivity index is 3.11. The topological polar surface area (TPSA) is 75.6 Å². The predicted molar refractivity (Wildman–Crippen MR) is 75.7 cm³/mol. The lowest BCUT2D eigenvalue weighted by Crippen LogP contribution is -2.37. The van der Waals surface area contributed by atoms with Crippen LogP contribution in [-0.4, -0.2) is 22.8 Å². The summed E-state index contributed by atoms with van der Waals surface area (Å²) >= 11 is 0. The molecular formula is C15H21NO4. The Morgan fingerprint density at radius 2 is 1.65 bits per heavy atom. The van der Waals surface area contributed by atoms with Gasteiger partial charge in [0.2, 0.25) is 0 Å². The number of aryl methyl sites for hydroxylation is 2. The summed E-state index contributed by atoms with van der Waals surface area (Å²) in [5.74, 6) is -0.607. The molecule has 0 aliphatic carbocycles. The number of hydrogen-bond acceptors (Lipinski definition) is 3. The second kappa shape index (κ2) is 5.94. The summed E-state index contributed by atoms with van der Waals surface area (Å²) in [7, 11) is 0. The maximum absolute atomic E-state index is 12.2. The second-order valence-corrected chi connectivity index (χ2v) is 5.84. The summed E-state index contributed by atoms with van der Waals surface area (Å²) < 4.78 is 5.27. The largest absolute Gasteiger partial charge is 0.465 e. The van der Waals surface area contributed by atoms with Gasteiger partial charge in [0.25, 0.3) is 0 Å². The summed E-state index contributed by atoms with van der Waals surface area (Å²) in [6.45, 7) is 9.01. The average molecular weight is 279 g/mol. The van der Waals surface area contributed by atoms with Crippen LogP contribution in [0.3, 0.4) is 0 Å². The number of carbonyl (C=O) groups excluding carboxylic acids is 1. The van der Waals surface area contributed by atoms with E-state index < -0.39 is 23.7 Å². The van der Waals surface area contributed by atoms with Gasteiger partial charge in [-0.05, 0) is 40.2 Å². The van der Waals surface area contributed by atoms with Crippen molar-refractivity contribution in [2.75, 3.05) is 0 Å². The van der Waals surface area contributed by atoms with Gasteiger partial charge >= 0.3 is 12.1 Å². The molecule has 5 heteroatoms. The summed E-state index contributed by atoms with van der Waals surface area (Å²) in [5.41, 5.74) is 1.83. The van der Waals surface area contributed by atoms with Crippen molar-refractivity contribution in [3.05, 3.63) is 34.9 Å². The maximum Gasteiger partial charge on any atom is 0.405 e. The minimum absolute atomic E-state index is 0.583. The van der Waals surface area contributed by atoms with Crippen molar-refractivity contribution in [2.45, 2.75) is 46.3 Å². The number of ether oxygens (including phenoxy) is 1. The lowest BCUT2D eigenvalue weighted by Gasteiger charge is -2.24. The smallest absolute Gasteiger partial charge is 0.405 e. The summed E-state index contributed by atoms with van der Waals surface area (Å²) in [6, 6.07) is 4.48. The Labute approximate surface area is 118 Å². The number of hydrogen-bond donors (Lipinski definition) is 2. The van der Waals surface area contributed by atoms with Gasteiger partial charge in [0, 0.05) is 0 Å². The van der Waals surface area contributed by atoms with Gasteiger partial charge in [0.05, 0.1) is 0 Å². The van der Waals surface area contributed by atoms with Gasteiger partial charge < -0.3 is 15.2 Å². The minimum atomic E-state index is -1.26. The predicted octanol–water partition coefficient (Wildman–Crippen LogP) is 2.95. The molecule has 0 aliphatic rings. The Morgan fingerprint density at radius 1 is 1.15 bits per heavy atom. The van der Waals surface area contributed by atoms with Gasteiger partial charge in [-0.25, -0.2) is 9.59 Å². The third-order valence-corrected chi connectivity index (χ3v) is 2.49. The molecule has 1 aromatic rings. The van der Waals surface area contributed by atoms with Crippen LogP contribution in [0.1, 0.15) is 43.5 Å². The molecule has 0 aliphatic heterocycles. The van der Waals surface area contributed by atoms with Crippen molar-refractivity contribution in [1.82, 2.24) is 5.32 Å². The monoisotopic (exact) mass is 279 g/mol. The molecule has 0 saturated carbocycles. The fraction of sp³-hybridized carbons (Fsp3) is 0.467. The van der Waals surface area contributed by atoms with Crippen LogP contribution in [0.2, 0.25) is 0 Å². The zero-order valence-electron chi connectivity index (χ0n) is 12.5. The molecule has 1 amide bonds. The first-order valence-corrected chi connectivity index (χ1v) is 6.39. The molecule has 0 saturated heterocycles. The molecular weight excluding hydrogens is 258 g/mol. The second-order valence-electron chi connectivity index (χ2n) is 5.84. The highest BCUT2D eigenvalue weighted by atomic mass is 16.6. The molecule has 0 aromatic heterocycles. The van der Waals surface area contributed by atoms with E-state index in [-0.39, 0.29) is 0 Å². The van der Waals surface area contributed by atoms with Crippen LogP contribution in [0.5, 0.6) is 0 Å². The molecule has 2 N–H and O–H groups in total. The molecule has 0 spiro atoms. The van der Waals surface area contributed by atoms with Crippen molar-refractivity contribution in [2.24, 2.45) is 0 Å². The van der Waals surface area contributed by atoms with E-state index in [1.807, 2.05) is 19.9 Å². The lowest BCUT2D eigenvalue weighted by atomic mass is 10.0. The van der Waals surface area contributed by atoms with Crippen molar-refractivity contribution >= 4 is 12.1 Å². The summed E-state index contributed by atoms with van der Waals surface area (Å²) in [6.07, 6.45) is -1.26. The van der Waals surface area contributed by atoms with Crippen LogP contribution in [0, 0.1) is 13.8 Å². The quantitative estimate of drug-likeness (QED) is 0.834. The molecule has 0 radical (unpaired) electrons. The Kier molecular flexibility index (Phi) is 4.76. The van der Waals surface area contributed by atoms with E-state index in [2.05, 4.69) is 5.32 Å². The van der Waals surface area contributed by atoms with Crippen molar-refractivity contribution < 1.29 is 19.4 Å². The Bertz CT molecular complexity index is 497. The zero-order chi connectivity index (χ0) is 15.5. The molecule has 1 unspecified atom stereocenters. The van der Waals surface area contributed by atoms with Crippen LogP contribution in [0.15, 0.2) is 18.2 Å². The summed E-state index contributed by atoms with van der Waals surface area (Å²) in [4.78, 5) is 23.1. The van der Waals surface area contributed by atoms with E-state index in [1.165, 1.54) is 0 Å². The minimum Gasteiger partial charge on any atom is -0.465 e. The lowest BCUT2D eigenvalue weighted by molar-refractivity contribution is -0.157. The molecule has 1 aromatic carbocycles. The first kappa shape index (κ1) is 16.0. The van der Waals surface area contributed by atoms with Gasteiger partial charge in [-0.15, -0.1) is 0 Å². The van der Waals surface area contributed by atoms with Gasteiger partial charge in [-0.1, -0.05) is 29.3 Å². The number of carbonyl (C=O) groups is 2. The SMILES string of the molecule is Cc1cc(C)cc(C(NC(=O)O)C(=O)OC(C)(C)C)c1. The van der Waals surface area contributed by atoms with Crippen LogP contribution in [0.4, 0.5) is 4.79 Å². The Hall–Kier alpha value is -2.04. The van der Waals surface area contributed by atoms with Gasteiger partial charge in [0.1, 0.15) is 5.60 Å². The molecule has 0 heterocycles. The number of rotatable bonds is 3. The highest BCUT2D eigenvalue weighted by Crippen LogP contribution is 2.21. The van der Waals surface area contributed by atoms with E-state index in [0.29, 0.717) is 5.56 Å². The van der Waals surface area contributed by atoms with E-state index in [9.17, 15) is 9.59 Å². The van der Waals surface area contributed by atoms with Crippen LogP contribution in [-0.2, 0) is 9.53 Å². The third kappa shape index (κ3) is 4.91. The van der Waals surface area contributed by atoms with E-state index in [4.69, 9.17) is 9.84 Å². The molecule has 1 rings (SSSR count). The molecule has 1 atom stereocenters.